The molecule has 8 heteroatoms. The summed E-state index contributed by atoms with van der Waals surface area (Å²) in [7, 11) is 1.58. The largest absolute Gasteiger partial charge is 0.497 e. The molecule has 0 bridgehead atoms. The van der Waals surface area contributed by atoms with Gasteiger partial charge in [-0.1, -0.05) is 30.3 Å². The summed E-state index contributed by atoms with van der Waals surface area (Å²) in [5.74, 6) is 0.0274. The molecule has 1 saturated heterocycles. The van der Waals surface area contributed by atoms with E-state index in [9.17, 15) is 9.59 Å². The molecule has 1 atom stereocenters. The number of amides is 2. The second-order valence-corrected chi connectivity index (χ2v) is 7.54. The molecule has 2 aromatic carbocycles. The van der Waals surface area contributed by atoms with Crippen LogP contribution in [0.15, 0.2) is 54.7 Å². The Morgan fingerprint density at radius 2 is 2.03 bits per heavy atom. The molecule has 1 aromatic heterocycles. The predicted molar refractivity (Wildman–Crippen MR) is 118 cm³/mol. The lowest BCUT2D eigenvalue weighted by Crippen LogP contribution is -2.28. The number of aromatic nitrogens is 3. The van der Waals surface area contributed by atoms with Gasteiger partial charge in [0.05, 0.1) is 19.2 Å². The van der Waals surface area contributed by atoms with Crippen molar-refractivity contribution < 1.29 is 14.3 Å². The van der Waals surface area contributed by atoms with E-state index in [2.05, 4.69) is 22.6 Å². The number of benzene rings is 2. The zero-order valence-corrected chi connectivity index (χ0v) is 17.6. The third kappa shape index (κ3) is 4.58. The molecular weight excluding hydrogens is 394 g/mol. The van der Waals surface area contributed by atoms with Gasteiger partial charge in [-0.3, -0.25) is 14.3 Å². The van der Waals surface area contributed by atoms with Gasteiger partial charge in [0, 0.05) is 42.5 Å². The highest BCUT2D eigenvalue weighted by molar-refractivity contribution is 6.03. The van der Waals surface area contributed by atoms with Crippen LogP contribution in [0.4, 0.5) is 11.4 Å². The molecule has 1 unspecified atom stereocenters. The Hall–Kier alpha value is -3.68. The van der Waals surface area contributed by atoms with E-state index in [1.165, 1.54) is 0 Å². The predicted octanol–water partition coefficient (Wildman–Crippen LogP) is 3.36. The van der Waals surface area contributed by atoms with Crippen molar-refractivity contribution in [1.82, 2.24) is 15.0 Å². The zero-order chi connectivity index (χ0) is 21.8. The maximum atomic E-state index is 12.8. The lowest BCUT2D eigenvalue weighted by Gasteiger charge is -2.17. The minimum Gasteiger partial charge on any atom is -0.497 e. The van der Waals surface area contributed by atoms with Gasteiger partial charge in [-0.25, -0.2) is 0 Å². The Labute approximate surface area is 180 Å². The number of aryl methyl sites for hydroxylation is 1. The second kappa shape index (κ2) is 8.99. The minimum atomic E-state index is -0.410. The Morgan fingerprint density at radius 3 is 2.77 bits per heavy atom. The van der Waals surface area contributed by atoms with Crippen molar-refractivity contribution in [1.29, 1.82) is 0 Å². The molecule has 1 aliphatic heterocycles. The van der Waals surface area contributed by atoms with Crippen LogP contribution in [0, 0.1) is 5.92 Å². The van der Waals surface area contributed by atoms with Crippen LogP contribution in [0.3, 0.4) is 0 Å². The summed E-state index contributed by atoms with van der Waals surface area (Å²) >= 11 is 0. The van der Waals surface area contributed by atoms with Crippen LogP contribution < -0.4 is 15.0 Å². The summed E-state index contributed by atoms with van der Waals surface area (Å²) in [6, 6.07) is 14.8. The molecule has 0 aliphatic carbocycles. The summed E-state index contributed by atoms with van der Waals surface area (Å²) in [6.45, 7) is 3.26. The van der Waals surface area contributed by atoms with Gasteiger partial charge in [0.1, 0.15) is 11.4 Å². The van der Waals surface area contributed by atoms with E-state index in [1.54, 1.807) is 18.1 Å². The van der Waals surface area contributed by atoms with E-state index < -0.39 is 5.92 Å². The molecule has 0 spiro atoms. The molecule has 8 nitrogen and oxygen atoms in total. The van der Waals surface area contributed by atoms with E-state index in [0.29, 0.717) is 18.0 Å². The van der Waals surface area contributed by atoms with Gasteiger partial charge in [0.15, 0.2) is 0 Å². The first-order chi connectivity index (χ1) is 15.1. The number of methoxy groups -OCH3 is 1. The number of hydrogen-bond acceptors (Lipinski definition) is 5. The van der Waals surface area contributed by atoms with Gasteiger partial charge >= 0.3 is 0 Å². The van der Waals surface area contributed by atoms with Crippen LogP contribution in [-0.4, -0.2) is 40.5 Å². The molecule has 31 heavy (non-hydrogen) atoms. The Kier molecular flexibility index (Phi) is 5.97. The highest BCUT2D eigenvalue weighted by atomic mass is 16.5. The average molecular weight is 419 g/mol. The summed E-state index contributed by atoms with van der Waals surface area (Å²) in [4.78, 5) is 26.9. The third-order valence-corrected chi connectivity index (χ3v) is 5.30. The lowest BCUT2D eigenvalue weighted by molar-refractivity contribution is -0.122. The van der Waals surface area contributed by atoms with Crippen molar-refractivity contribution in [2.24, 2.45) is 5.92 Å². The molecule has 0 radical (unpaired) electrons. The Morgan fingerprint density at radius 1 is 1.23 bits per heavy atom. The van der Waals surface area contributed by atoms with Crippen molar-refractivity contribution in [2.45, 2.75) is 26.3 Å². The van der Waals surface area contributed by atoms with Crippen LogP contribution in [-0.2, 0) is 16.1 Å². The molecule has 0 saturated carbocycles. The van der Waals surface area contributed by atoms with Gasteiger partial charge in [-0.05, 0) is 30.7 Å². The number of carbonyl (C=O) groups excluding carboxylic acids is 2. The SMILES string of the molecule is CCCn1cc(-c2ccc(NC(=O)C3CC(=O)N(c4cccc(OC)c4)C3)cc2)nn1. The number of rotatable bonds is 7. The van der Waals surface area contributed by atoms with Crippen LogP contribution in [0.2, 0.25) is 0 Å². The standard InChI is InChI=1S/C23H25N5O3/c1-3-11-27-15-21(25-26-27)16-7-9-18(10-8-16)24-23(30)17-12-22(29)28(14-17)19-5-4-6-20(13-19)31-2/h4-10,13,15,17H,3,11-12,14H2,1-2H3,(H,24,30). The van der Waals surface area contributed by atoms with Gasteiger partial charge in [-0.15, -0.1) is 5.10 Å². The molecular formula is C23H25N5O3. The number of nitrogens with one attached hydrogen (secondary N) is 1. The fourth-order valence-electron chi connectivity index (χ4n) is 3.65. The first-order valence-electron chi connectivity index (χ1n) is 10.3. The van der Waals surface area contributed by atoms with E-state index in [4.69, 9.17) is 4.74 Å². The molecule has 1 fully saturated rings. The number of carbonyl (C=O) groups is 2. The first-order valence-corrected chi connectivity index (χ1v) is 10.3. The van der Waals surface area contributed by atoms with Crippen molar-refractivity contribution in [3.05, 3.63) is 54.7 Å². The minimum absolute atomic E-state index is 0.0704. The summed E-state index contributed by atoms with van der Waals surface area (Å²) in [5, 5.41) is 11.2. The zero-order valence-electron chi connectivity index (χ0n) is 17.6. The number of nitrogens with zero attached hydrogens (tertiary/aromatic N) is 4. The number of anilines is 2. The van der Waals surface area contributed by atoms with Crippen molar-refractivity contribution in [3.8, 4) is 17.0 Å². The fourth-order valence-corrected chi connectivity index (χ4v) is 3.65. The van der Waals surface area contributed by atoms with Gasteiger partial charge in [0.2, 0.25) is 11.8 Å². The molecule has 160 valence electrons. The second-order valence-electron chi connectivity index (χ2n) is 7.54. The van der Waals surface area contributed by atoms with E-state index in [1.807, 2.05) is 53.3 Å². The molecule has 1 N–H and O–H groups in total. The highest BCUT2D eigenvalue weighted by Crippen LogP contribution is 2.29. The van der Waals surface area contributed by atoms with Crippen molar-refractivity contribution >= 4 is 23.2 Å². The highest BCUT2D eigenvalue weighted by Gasteiger charge is 2.35. The number of hydrogen-bond donors (Lipinski definition) is 1. The van der Waals surface area contributed by atoms with E-state index in [-0.39, 0.29) is 18.2 Å². The average Bonchev–Trinajstić information content (AvgIpc) is 3.41. The smallest absolute Gasteiger partial charge is 0.229 e. The Bertz CT molecular complexity index is 1080. The molecule has 2 heterocycles. The van der Waals surface area contributed by atoms with Crippen molar-refractivity contribution in [2.75, 3.05) is 23.9 Å². The van der Waals surface area contributed by atoms with Gasteiger partial charge < -0.3 is 15.0 Å². The Balaban J connectivity index is 1.39. The quantitative estimate of drug-likeness (QED) is 0.634. The van der Waals surface area contributed by atoms with Gasteiger partial charge in [0.25, 0.3) is 0 Å². The normalized spacial score (nSPS) is 15.9. The van der Waals surface area contributed by atoms with E-state index in [0.717, 1.165) is 29.9 Å². The molecule has 4 rings (SSSR count). The summed E-state index contributed by atoms with van der Waals surface area (Å²) < 4.78 is 7.05. The van der Waals surface area contributed by atoms with Crippen molar-refractivity contribution in [3.63, 3.8) is 0 Å². The maximum Gasteiger partial charge on any atom is 0.229 e. The lowest BCUT2D eigenvalue weighted by atomic mass is 10.1. The van der Waals surface area contributed by atoms with Crippen LogP contribution >= 0.6 is 0 Å². The number of ether oxygens (including phenoxy) is 1. The fraction of sp³-hybridized carbons (Fsp3) is 0.304. The maximum absolute atomic E-state index is 12.8. The molecule has 1 aliphatic rings. The third-order valence-electron chi connectivity index (χ3n) is 5.30. The first kappa shape index (κ1) is 20.6. The summed E-state index contributed by atoms with van der Waals surface area (Å²) in [5.41, 5.74) is 3.14. The summed E-state index contributed by atoms with van der Waals surface area (Å²) in [6.07, 6.45) is 3.09. The molecule has 2 amide bonds. The monoisotopic (exact) mass is 419 g/mol. The van der Waals surface area contributed by atoms with Crippen LogP contribution in [0.5, 0.6) is 5.75 Å². The molecule has 3 aromatic rings. The van der Waals surface area contributed by atoms with E-state index >= 15 is 0 Å². The van der Waals surface area contributed by atoms with Gasteiger partial charge in [-0.2, -0.15) is 0 Å². The van der Waals surface area contributed by atoms with Crippen LogP contribution in [0.1, 0.15) is 19.8 Å². The van der Waals surface area contributed by atoms with Crippen LogP contribution in [0.25, 0.3) is 11.3 Å². The topological polar surface area (TPSA) is 89.4 Å².